The van der Waals surface area contributed by atoms with Crippen LogP contribution in [0.2, 0.25) is 0 Å². The van der Waals surface area contributed by atoms with Crippen molar-refractivity contribution in [1.29, 1.82) is 0 Å². The first-order valence-electron chi connectivity index (χ1n) is 12.7. The zero-order valence-electron chi connectivity index (χ0n) is 24.0. The third-order valence-corrected chi connectivity index (χ3v) is 6.67. The molecule has 1 saturated heterocycles. The summed E-state index contributed by atoms with van der Waals surface area (Å²) < 4.78 is 27.7. The van der Waals surface area contributed by atoms with Crippen molar-refractivity contribution in [2.45, 2.75) is 57.6 Å². The molecule has 0 saturated carbocycles. The zero-order chi connectivity index (χ0) is 29.8. The number of aliphatic hydroxyl groups excluding tert-OH is 2. The molecule has 3 atom stereocenters. The van der Waals surface area contributed by atoms with Crippen LogP contribution < -0.4 is 30.0 Å². The first kappa shape index (κ1) is 33.9. The molecule has 1 fully saturated rings. The molecule has 39 heavy (non-hydrogen) atoms. The maximum absolute atomic E-state index is 13.0. The summed E-state index contributed by atoms with van der Waals surface area (Å²) in [4.78, 5) is 34.5. The third-order valence-electron chi connectivity index (χ3n) is 6.67. The summed E-state index contributed by atoms with van der Waals surface area (Å²) in [5, 5.41) is 19.5. The molecule has 1 heterocycles. The molecular formula is C27H44N2O10. The Bertz CT molecular complexity index is 937. The Kier molecular flexibility index (Phi) is 14.0. The third kappa shape index (κ3) is 8.20. The lowest BCUT2D eigenvalue weighted by Crippen LogP contribution is -2.49. The number of hydrogen-bond acceptors (Lipinski definition) is 10. The van der Waals surface area contributed by atoms with Gasteiger partial charge in [0.25, 0.3) is 0 Å². The van der Waals surface area contributed by atoms with E-state index in [1.54, 1.807) is 28.4 Å². The molecule has 1 aromatic rings. The Morgan fingerprint density at radius 1 is 1.05 bits per heavy atom. The van der Waals surface area contributed by atoms with Gasteiger partial charge in [0.2, 0.25) is 23.8 Å². The molecule has 0 aromatic heterocycles. The molecule has 2 aliphatic rings. The van der Waals surface area contributed by atoms with Crippen molar-refractivity contribution in [3.8, 4) is 23.0 Å². The number of carbonyl (C=O) groups is 3. The highest BCUT2D eigenvalue weighted by atomic mass is 16.6. The number of Topliss-reactive ketones (excluding diaryl/α,β-unsaturated/α-hetero) is 1. The van der Waals surface area contributed by atoms with E-state index in [-0.39, 0.29) is 49.6 Å². The predicted molar refractivity (Wildman–Crippen MR) is 143 cm³/mol. The van der Waals surface area contributed by atoms with E-state index in [0.29, 0.717) is 42.3 Å². The van der Waals surface area contributed by atoms with Crippen LogP contribution in [0.25, 0.3) is 0 Å². The van der Waals surface area contributed by atoms with Crippen molar-refractivity contribution >= 4 is 18.1 Å². The molecular weight excluding hydrogens is 512 g/mol. The molecule has 1 aromatic carbocycles. The van der Waals surface area contributed by atoms with Crippen molar-refractivity contribution < 1.29 is 48.3 Å². The summed E-state index contributed by atoms with van der Waals surface area (Å²) in [5.74, 6) is 1.98. The van der Waals surface area contributed by atoms with Gasteiger partial charge >= 0.3 is 0 Å². The van der Waals surface area contributed by atoms with Crippen molar-refractivity contribution in [2.24, 2.45) is 17.6 Å². The number of hydrogen-bond donors (Lipinski definition) is 4. The molecule has 222 valence electrons. The number of methoxy groups -OCH3 is 4. The number of benzene rings is 1. The van der Waals surface area contributed by atoms with Crippen LogP contribution in [0.4, 0.5) is 0 Å². The van der Waals surface area contributed by atoms with Gasteiger partial charge in [0.1, 0.15) is 0 Å². The molecule has 0 spiro atoms. The highest BCUT2D eigenvalue weighted by Gasteiger charge is 2.54. The number of aliphatic hydroxyl groups is 2. The van der Waals surface area contributed by atoms with Gasteiger partial charge in [-0.1, -0.05) is 13.8 Å². The van der Waals surface area contributed by atoms with Crippen LogP contribution in [0, 0.1) is 11.8 Å². The van der Waals surface area contributed by atoms with Gasteiger partial charge < -0.3 is 44.9 Å². The van der Waals surface area contributed by atoms with Gasteiger partial charge in [-0.05, 0) is 37.5 Å². The first-order valence-corrected chi connectivity index (χ1v) is 12.7. The Labute approximate surface area is 230 Å². The number of ether oxygens (including phenoxy) is 5. The topological polar surface area (TPSA) is 179 Å². The number of rotatable bonds is 12. The molecule has 0 radical (unpaired) electrons. The minimum atomic E-state index is -1.16. The summed E-state index contributed by atoms with van der Waals surface area (Å²) in [5.41, 5.74) is 4.95. The van der Waals surface area contributed by atoms with Crippen molar-refractivity contribution in [3.63, 3.8) is 0 Å². The number of primary amides is 1. The summed E-state index contributed by atoms with van der Waals surface area (Å²) >= 11 is 0. The summed E-state index contributed by atoms with van der Waals surface area (Å²) in [7, 11) is 7.29. The van der Waals surface area contributed by atoms with Crippen molar-refractivity contribution in [3.05, 3.63) is 11.1 Å². The number of nitrogens with one attached hydrogen (secondary N) is 1. The molecule has 3 unspecified atom stereocenters. The normalized spacial score (nSPS) is 19.6. The van der Waals surface area contributed by atoms with E-state index in [1.807, 2.05) is 13.8 Å². The van der Waals surface area contributed by atoms with Crippen LogP contribution in [-0.2, 0) is 32.0 Å². The molecule has 2 amide bonds. The smallest absolute Gasteiger partial charge is 0.220 e. The predicted octanol–water partition coefficient (Wildman–Crippen LogP) is 0.787. The minimum absolute atomic E-state index is 0.0583. The highest BCUT2D eigenvalue weighted by Crippen LogP contribution is 2.52. The van der Waals surface area contributed by atoms with E-state index in [1.165, 1.54) is 0 Å². The van der Waals surface area contributed by atoms with Crippen LogP contribution >= 0.6 is 0 Å². The van der Waals surface area contributed by atoms with E-state index in [0.717, 1.165) is 24.7 Å². The Hall–Kier alpha value is -3.09. The van der Waals surface area contributed by atoms with Gasteiger partial charge in [0, 0.05) is 24.7 Å². The second-order valence-corrected chi connectivity index (χ2v) is 9.59. The molecule has 3 rings (SSSR count). The monoisotopic (exact) mass is 556 g/mol. The van der Waals surface area contributed by atoms with Gasteiger partial charge in [0.05, 0.1) is 47.7 Å². The Morgan fingerprint density at radius 2 is 1.54 bits per heavy atom. The van der Waals surface area contributed by atoms with Crippen molar-refractivity contribution in [2.75, 3.05) is 48.8 Å². The molecule has 12 heteroatoms. The highest BCUT2D eigenvalue weighted by molar-refractivity contribution is 5.97. The number of ketones is 1. The molecule has 1 aliphatic heterocycles. The fraction of sp³-hybridized carbons (Fsp3) is 0.667. The van der Waals surface area contributed by atoms with Gasteiger partial charge in [-0.25, -0.2) is 0 Å². The number of epoxide rings is 1. The molecule has 1 aliphatic carbocycles. The lowest BCUT2D eigenvalue weighted by Gasteiger charge is -2.30. The van der Waals surface area contributed by atoms with Gasteiger partial charge in [0.15, 0.2) is 22.9 Å². The second-order valence-electron chi connectivity index (χ2n) is 9.59. The fourth-order valence-electron chi connectivity index (χ4n) is 4.89. The maximum Gasteiger partial charge on any atom is 0.220 e. The van der Waals surface area contributed by atoms with E-state index >= 15 is 0 Å². The Balaban J connectivity index is 0.00000142. The van der Waals surface area contributed by atoms with Crippen LogP contribution in [0.5, 0.6) is 23.0 Å². The average molecular weight is 557 g/mol. The average Bonchev–Trinajstić information content (AvgIpc) is 3.73. The molecule has 0 bridgehead atoms. The number of nitrogens with two attached hydrogens (primary N) is 1. The summed E-state index contributed by atoms with van der Waals surface area (Å²) in [6.07, 6.45) is 3.10. The van der Waals surface area contributed by atoms with E-state index in [4.69, 9.17) is 33.6 Å². The van der Waals surface area contributed by atoms with Crippen LogP contribution in [0.15, 0.2) is 0 Å². The Morgan fingerprint density at radius 3 is 1.95 bits per heavy atom. The SMILES string of the molecule is CO.COc1c2c(c(OC)c(OC)c1OC)CC(CC(=O)NC(CC(C)C)C(=O)C1(CO)CO1)CC2.NC=O. The van der Waals surface area contributed by atoms with Gasteiger partial charge in [-0.2, -0.15) is 0 Å². The van der Waals surface area contributed by atoms with Gasteiger partial charge in [-0.15, -0.1) is 0 Å². The fourth-order valence-corrected chi connectivity index (χ4v) is 4.89. The van der Waals surface area contributed by atoms with Crippen molar-refractivity contribution in [1.82, 2.24) is 5.32 Å². The number of carbonyl (C=O) groups excluding carboxylic acids is 3. The van der Waals surface area contributed by atoms with Gasteiger partial charge in [-0.3, -0.25) is 14.4 Å². The standard InChI is InChI=1S/C25H37NO8.CH3NO.CH4O/c1-14(2)9-18(24(29)25(12-27)13-34-25)26-19(28)11-15-7-8-16-17(10-15)21(31-4)23(33-6)22(32-5)20(16)30-3;2-1-3;1-2/h14-15,18,27H,7-13H2,1-6H3,(H,26,28);1H,(H2,2,3);2H,1H3. The quantitative estimate of drug-likeness (QED) is 0.212. The second kappa shape index (κ2) is 16.1. The molecule has 5 N–H and O–H groups in total. The summed E-state index contributed by atoms with van der Waals surface area (Å²) in [6.45, 7) is 3.80. The zero-order valence-corrected chi connectivity index (χ0v) is 24.0. The van der Waals surface area contributed by atoms with E-state index < -0.39 is 11.6 Å². The largest absolute Gasteiger partial charge is 0.492 e. The lowest BCUT2D eigenvalue weighted by molar-refractivity contribution is -0.132. The number of fused-ring (bicyclic) bond motifs is 1. The summed E-state index contributed by atoms with van der Waals surface area (Å²) in [6, 6.07) is -0.683. The number of amides is 2. The maximum atomic E-state index is 13.0. The molecule has 12 nitrogen and oxygen atoms in total. The van der Waals surface area contributed by atoms with E-state index in [2.05, 4.69) is 11.1 Å². The van der Waals surface area contributed by atoms with Crippen LogP contribution in [0.1, 0.15) is 44.2 Å². The van der Waals surface area contributed by atoms with E-state index in [9.17, 15) is 14.7 Å². The first-order chi connectivity index (χ1) is 18.7. The van der Waals surface area contributed by atoms with Crippen LogP contribution in [0.3, 0.4) is 0 Å². The van der Waals surface area contributed by atoms with Crippen LogP contribution in [-0.4, -0.2) is 88.7 Å². The minimum Gasteiger partial charge on any atom is -0.492 e. The lowest BCUT2D eigenvalue weighted by atomic mass is 9.80.